The Hall–Kier alpha value is -2.37. The zero-order valence-corrected chi connectivity index (χ0v) is 9.91. The van der Waals surface area contributed by atoms with Gasteiger partial charge < -0.3 is 14.2 Å². The molecule has 0 spiro atoms. The second-order valence-electron chi connectivity index (χ2n) is 3.86. The van der Waals surface area contributed by atoms with Crippen LogP contribution in [-0.2, 0) is 13.1 Å². The number of rotatable bonds is 4. The summed E-state index contributed by atoms with van der Waals surface area (Å²) in [6, 6.07) is 2.56. The highest BCUT2D eigenvalue weighted by atomic mass is 16.4. The van der Waals surface area contributed by atoms with Crippen LogP contribution >= 0.6 is 0 Å². The number of aromatic nitrogens is 3. The number of carboxylic acids is 1. The maximum Gasteiger partial charge on any atom is 0.337 e. The molecule has 0 radical (unpaired) electrons. The second kappa shape index (κ2) is 4.87. The molecular weight excluding hydrogens is 234 g/mol. The van der Waals surface area contributed by atoms with Crippen LogP contribution in [0.4, 0.5) is 0 Å². The zero-order valence-electron chi connectivity index (χ0n) is 9.91. The third-order valence-corrected chi connectivity index (χ3v) is 2.70. The van der Waals surface area contributed by atoms with Crippen molar-refractivity contribution >= 4 is 5.97 Å². The van der Waals surface area contributed by atoms with E-state index in [4.69, 9.17) is 5.11 Å². The third kappa shape index (κ3) is 2.32. The van der Waals surface area contributed by atoms with Crippen molar-refractivity contribution in [2.45, 2.75) is 20.0 Å². The molecule has 2 aromatic rings. The summed E-state index contributed by atoms with van der Waals surface area (Å²) < 4.78 is 3.27. The predicted octanol–water partition coefficient (Wildman–Crippen LogP) is 0.811. The van der Waals surface area contributed by atoms with Crippen molar-refractivity contribution in [3.05, 3.63) is 52.5 Å². The first-order valence-corrected chi connectivity index (χ1v) is 5.54. The first-order valence-electron chi connectivity index (χ1n) is 5.54. The second-order valence-corrected chi connectivity index (χ2v) is 3.86. The molecule has 0 aliphatic rings. The van der Waals surface area contributed by atoms with E-state index in [9.17, 15) is 9.59 Å². The van der Waals surface area contributed by atoms with Crippen LogP contribution in [0.2, 0.25) is 0 Å². The minimum Gasteiger partial charge on any atom is -0.478 e. The van der Waals surface area contributed by atoms with E-state index in [0.717, 1.165) is 12.2 Å². The molecule has 0 bridgehead atoms. The van der Waals surface area contributed by atoms with Gasteiger partial charge >= 0.3 is 5.97 Å². The number of hydrogen-bond acceptors (Lipinski definition) is 3. The van der Waals surface area contributed by atoms with Gasteiger partial charge in [-0.3, -0.25) is 4.79 Å². The number of nitrogens with zero attached hydrogens (tertiary/aromatic N) is 3. The molecule has 0 unspecified atom stereocenters. The average Bonchev–Trinajstić information content (AvgIpc) is 2.79. The molecule has 94 valence electrons. The third-order valence-electron chi connectivity index (χ3n) is 2.70. The Morgan fingerprint density at radius 3 is 2.83 bits per heavy atom. The van der Waals surface area contributed by atoms with Gasteiger partial charge in [-0.15, -0.1) is 0 Å². The fourth-order valence-electron chi connectivity index (χ4n) is 1.72. The molecule has 0 atom stereocenters. The molecule has 0 saturated heterocycles. The normalized spacial score (nSPS) is 10.5. The van der Waals surface area contributed by atoms with Crippen molar-refractivity contribution in [3.8, 4) is 0 Å². The smallest absolute Gasteiger partial charge is 0.337 e. The quantitative estimate of drug-likeness (QED) is 0.867. The molecular formula is C12H13N3O3. The van der Waals surface area contributed by atoms with E-state index < -0.39 is 5.97 Å². The van der Waals surface area contributed by atoms with E-state index >= 15 is 0 Å². The van der Waals surface area contributed by atoms with E-state index in [1.54, 1.807) is 12.5 Å². The molecule has 18 heavy (non-hydrogen) atoms. The molecule has 2 rings (SSSR count). The number of pyridine rings is 1. The average molecular weight is 247 g/mol. The SMILES string of the molecule is CCn1cncc1Cn1cc(C(=O)O)ccc1=O. The Balaban J connectivity index is 2.37. The maximum absolute atomic E-state index is 11.7. The van der Waals surface area contributed by atoms with Gasteiger partial charge in [-0.25, -0.2) is 9.78 Å². The number of imidazole rings is 1. The molecule has 1 N–H and O–H groups in total. The van der Waals surface area contributed by atoms with Crippen LogP contribution < -0.4 is 5.56 Å². The molecule has 0 saturated carbocycles. The molecule has 6 heteroatoms. The Morgan fingerprint density at radius 1 is 1.39 bits per heavy atom. The van der Waals surface area contributed by atoms with Gasteiger partial charge in [0, 0.05) is 25.0 Å². The maximum atomic E-state index is 11.7. The van der Waals surface area contributed by atoms with E-state index in [0.29, 0.717) is 6.54 Å². The largest absolute Gasteiger partial charge is 0.478 e. The lowest BCUT2D eigenvalue weighted by Crippen LogP contribution is -2.21. The van der Waals surface area contributed by atoms with E-state index in [1.807, 2.05) is 11.5 Å². The van der Waals surface area contributed by atoms with Gasteiger partial charge in [-0.1, -0.05) is 0 Å². The highest BCUT2D eigenvalue weighted by Crippen LogP contribution is 2.03. The highest BCUT2D eigenvalue weighted by molar-refractivity contribution is 5.87. The van der Waals surface area contributed by atoms with Crippen LogP contribution in [0.5, 0.6) is 0 Å². The van der Waals surface area contributed by atoms with Gasteiger partial charge in [-0.05, 0) is 13.0 Å². The Labute approximate surface area is 103 Å². The first kappa shape index (κ1) is 12.1. The van der Waals surface area contributed by atoms with Crippen molar-refractivity contribution in [1.29, 1.82) is 0 Å². The summed E-state index contributed by atoms with van der Waals surface area (Å²) in [7, 11) is 0. The van der Waals surface area contributed by atoms with Crippen LogP contribution in [0.1, 0.15) is 23.0 Å². The lowest BCUT2D eigenvalue weighted by atomic mass is 10.3. The molecule has 6 nitrogen and oxygen atoms in total. The fourth-order valence-corrected chi connectivity index (χ4v) is 1.72. The summed E-state index contributed by atoms with van der Waals surface area (Å²) in [5, 5.41) is 8.89. The summed E-state index contributed by atoms with van der Waals surface area (Å²) >= 11 is 0. The lowest BCUT2D eigenvalue weighted by molar-refractivity contribution is 0.0696. The van der Waals surface area contributed by atoms with Crippen molar-refractivity contribution in [2.24, 2.45) is 0 Å². The van der Waals surface area contributed by atoms with Crippen molar-refractivity contribution in [3.63, 3.8) is 0 Å². The molecule has 0 aliphatic carbocycles. The van der Waals surface area contributed by atoms with Gasteiger partial charge in [0.1, 0.15) is 0 Å². The number of carbonyl (C=O) groups is 1. The molecule has 0 aliphatic heterocycles. The minimum absolute atomic E-state index is 0.0946. The Morgan fingerprint density at radius 2 is 2.17 bits per heavy atom. The first-order chi connectivity index (χ1) is 8.61. The summed E-state index contributed by atoms with van der Waals surface area (Å²) in [6.07, 6.45) is 4.70. The van der Waals surface area contributed by atoms with Crippen LogP contribution in [0.25, 0.3) is 0 Å². The van der Waals surface area contributed by atoms with Gasteiger partial charge in [0.15, 0.2) is 0 Å². The van der Waals surface area contributed by atoms with E-state index in [-0.39, 0.29) is 11.1 Å². The van der Waals surface area contributed by atoms with Gasteiger partial charge in [-0.2, -0.15) is 0 Å². The molecule has 2 aromatic heterocycles. The molecule has 0 aromatic carbocycles. The number of aromatic carboxylic acids is 1. The topological polar surface area (TPSA) is 77.1 Å². The summed E-state index contributed by atoms with van der Waals surface area (Å²) in [5.41, 5.74) is 0.725. The standard InChI is InChI=1S/C12H13N3O3/c1-2-14-8-13-5-10(14)7-15-6-9(12(17)18)3-4-11(15)16/h3-6,8H,2,7H2,1H3,(H,17,18). The number of aryl methyl sites for hydroxylation is 1. The molecule has 0 fully saturated rings. The summed E-state index contributed by atoms with van der Waals surface area (Å²) in [6.45, 7) is 3.04. The van der Waals surface area contributed by atoms with E-state index in [1.165, 1.54) is 22.9 Å². The van der Waals surface area contributed by atoms with Crippen molar-refractivity contribution in [1.82, 2.24) is 14.1 Å². The fraction of sp³-hybridized carbons (Fsp3) is 0.250. The number of carboxylic acid groups (broad SMARTS) is 1. The van der Waals surface area contributed by atoms with Crippen molar-refractivity contribution < 1.29 is 9.90 Å². The Kier molecular flexibility index (Phi) is 3.27. The molecule has 0 amide bonds. The predicted molar refractivity (Wildman–Crippen MR) is 64.7 cm³/mol. The zero-order chi connectivity index (χ0) is 13.1. The van der Waals surface area contributed by atoms with Crippen LogP contribution in [0.3, 0.4) is 0 Å². The minimum atomic E-state index is -1.05. The highest BCUT2D eigenvalue weighted by Gasteiger charge is 2.07. The summed E-state index contributed by atoms with van der Waals surface area (Å²) in [4.78, 5) is 26.5. The van der Waals surface area contributed by atoms with E-state index in [2.05, 4.69) is 4.98 Å². The summed E-state index contributed by atoms with van der Waals surface area (Å²) in [5.74, 6) is -1.05. The van der Waals surface area contributed by atoms with Gasteiger partial charge in [0.05, 0.1) is 24.1 Å². The van der Waals surface area contributed by atoms with Crippen LogP contribution in [0, 0.1) is 0 Å². The van der Waals surface area contributed by atoms with Gasteiger partial charge in [0.2, 0.25) is 0 Å². The molecule has 2 heterocycles. The van der Waals surface area contributed by atoms with Crippen LogP contribution in [0.15, 0.2) is 35.6 Å². The Bertz CT molecular complexity index is 627. The number of hydrogen-bond donors (Lipinski definition) is 1. The van der Waals surface area contributed by atoms with Crippen molar-refractivity contribution in [2.75, 3.05) is 0 Å². The van der Waals surface area contributed by atoms with Gasteiger partial charge in [0.25, 0.3) is 5.56 Å². The lowest BCUT2D eigenvalue weighted by Gasteiger charge is -2.08. The monoisotopic (exact) mass is 247 g/mol. The van der Waals surface area contributed by atoms with Crippen LogP contribution in [-0.4, -0.2) is 25.2 Å².